The molecule has 0 aliphatic heterocycles. The number of aromatic nitrogens is 2. The van der Waals surface area contributed by atoms with Gasteiger partial charge in [-0.15, -0.1) is 0 Å². The van der Waals surface area contributed by atoms with Crippen LogP contribution in [0.1, 0.15) is 0 Å². The second kappa shape index (κ2) is 5.07. The van der Waals surface area contributed by atoms with E-state index in [4.69, 9.17) is 11.6 Å². The van der Waals surface area contributed by atoms with Gasteiger partial charge in [-0.05, 0) is 6.07 Å². The Labute approximate surface area is 112 Å². The zero-order valence-electron chi connectivity index (χ0n) is 9.64. The molecule has 0 fully saturated rings. The number of hydrogen-bond donors (Lipinski definition) is 2. The standard InChI is InChI=1S/C11H9ClN4O3/c1-6(12)4-13-9-3-8-7(2-10(9)16(18)19)11(17)15-5-14-8/h2-3,5,13H,1,4H2,(H,14,15,17). The number of nitrogens with one attached hydrogen (secondary N) is 2. The predicted octanol–water partition coefficient (Wildman–Crippen LogP) is 2.00. The summed E-state index contributed by atoms with van der Waals surface area (Å²) in [5, 5.41) is 14.2. The topological polar surface area (TPSA) is 101 Å². The summed E-state index contributed by atoms with van der Waals surface area (Å²) in [5.74, 6) is 0. The molecule has 0 bridgehead atoms. The van der Waals surface area contributed by atoms with Gasteiger partial charge >= 0.3 is 0 Å². The Morgan fingerprint density at radius 3 is 2.95 bits per heavy atom. The largest absolute Gasteiger partial charge is 0.374 e. The number of anilines is 1. The average Bonchev–Trinajstić information content (AvgIpc) is 2.35. The first kappa shape index (κ1) is 13.0. The first-order chi connectivity index (χ1) is 8.99. The van der Waals surface area contributed by atoms with Crippen molar-refractivity contribution in [3.63, 3.8) is 0 Å². The molecule has 0 amide bonds. The van der Waals surface area contributed by atoms with Crippen LogP contribution in [0.5, 0.6) is 0 Å². The van der Waals surface area contributed by atoms with E-state index >= 15 is 0 Å². The Morgan fingerprint density at radius 1 is 1.58 bits per heavy atom. The summed E-state index contributed by atoms with van der Waals surface area (Å²) in [4.78, 5) is 28.3. The van der Waals surface area contributed by atoms with Crippen LogP contribution < -0.4 is 10.9 Å². The molecule has 0 aliphatic carbocycles. The monoisotopic (exact) mass is 280 g/mol. The van der Waals surface area contributed by atoms with Crippen LogP contribution in [-0.4, -0.2) is 21.4 Å². The lowest BCUT2D eigenvalue weighted by atomic mass is 10.2. The van der Waals surface area contributed by atoms with Crippen molar-refractivity contribution in [2.75, 3.05) is 11.9 Å². The SMILES string of the molecule is C=C(Cl)CNc1cc2nc[nH]c(=O)c2cc1[N+](=O)[O-]. The Morgan fingerprint density at radius 2 is 2.32 bits per heavy atom. The van der Waals surface area contributed by atoms with E-state index in [1.54, 1.807) is 0 Å². The molecule has 2 aromatic rings. The van der Waals surface area contributed by atoms with Crippen LogP contribution >= 0.6 is 11.6 Å². The van der Waals surface area contributed by atoms with Crippen molar-refractivity contribution in [1.29, 1.82) is 0 Å². The lowest BCUT2D eigenvalue weighted by Gasteiger charge is -2.07. The number of nitrogens with zero attached hydrogens (tertiary/aromatic N) is 2. The minimum absolute atomic E-state index is 0.157. The third kappa shape index (κ3) is 2.71. The molecule has 8 heteroatoms. The van der Waals surface area contributed by atoms with E-state index in [0.717, 1.165) is 0 Å². The molecular formula is C11H9ClN4O3. The van der Waals surface area contributed by atoms with Gasteiger partial charge in [0.25, 0.3) is 11.2 Å². The lowest BCUT2D eigenvalue weighted by molar-refractivity contribution is -0.383. The van der Waals surface area contributed by atoms with Crippen LogP contribution in [0.4, 0.5) is 11.4 Å². The van der Waals surface area contributed by atoms with Gasteiger partial charge < -0.3 is 10.3 Å². The molecule has 98 valence electrons. The minimum Gasteiger partial charge on any atom is -0.374 e. The summed E-state index contributed by atoms with van der Waals surface area (Å²) in [7, 11) is 0. The third-order valence-electron chi connectivity index (χ3n) is 2.43. The van der Waals surface area contributed by atoms with E-state index in [-0.39, 0.29) is 23.3 Å². The zero-order valence-corrected chi connectivity index (χ0v) is 10.4. The molecule has 0 saturated carbocycles. The van der Waals surface area contributed by atoms with Gasteiger partial charge in [-0.1, -0.05) is 18.2 Å². The van der Waals surface area contributed by atoms with E-state index in [9.17, 15) is 14.9 Å². The highest BCUT2D eigenvalue weighted by atomic mass is 35.5. The van der Waals surface area contributed by atoms with Crippen molar-refractivity contribution < 1.29 is 4.92 Å². The van der Waals surface area contributed by atoms with Gasteiger partial charge in [0.15, 0.2) is 0 Å². The maximum Gasteiger partial charge on any atom is 0.293 e. The van der Waals surface area contributed by atoms with Gasteiger partial charge in [-0.3, -0.25) is 14.9 Å². The van der Waals surface area contributed by atoms with Gasteiger partial charge in [0.05, 0.1) is 28.7 Å². The second-order valence-corrected chi connectivity index (χ2v) is 4.28. The zero-order chi connectivity index (χ0) is 14.0. The number of nitro groups is 1. The summed E-state index contributed by atoms with van der Waals surface area (Å²) >= 11 is 5.61. The fourth-order valence-electron chi connectivity index (χ4n) is 1.59. The molecule has 1 aromatic heterocycles. The molecule has 0 unspecified atom stereocenters. The van der Waals surface area contributed by atoms with Gasteiger partial charge in [0, 0.05) is 11.1 Å². The quantitative estimate of drug-likeness (QED) is 0.659. The number of H-pyrrole nitrogens is 1. The van der Waals surface area contributed by atoms with E-state index in [0.29, 0.717) is 10.5 Å². The van der Waals surface area contributed by atoms with Crippen LogP contribution in [0.2, 0.25) is 0 Å². The molecule has 0 saturated heterocycles. The molecule has 0 radical (unpaired) electrons. The highest BCUT2D eigenvalue weighted by Crippen LogP contribution is 2.28. The Hall–Kier alpha value is -2.41. The van der Waals surface area contributed by atoms with Gasteiger partial charge in [0.1, 0.15) is 5.69 Å². The van der Waals surface area contributed by atoms with Gasteiger partial charge in [-0.25, -0.2) is 4.98 Å². The summed E-state index contributed by atoms with van der Waals surface area (Å²) < 4.78 is 0. The van der Waals surface area contributed by atoms with E-state index in [1.165, 1.54) is 18.5 Å². The maximum atomic E-state index is 11.6. The summed E-state index contributed by atoms with van der Waals surface area (Å²) in [6.07, 6.45) is 1.24. The Balaban J connectivity index is 2.61. The second-order valence-electron chi connectivity index (χ2n) is 3.75. The highest BCUT2D eigenvalue weighted by Gasteiger charge is 2.16. The first-order valence-corrected chi connectivity index (χ1v) is 5.60. The Bertz CT molecular complexity index is 725. The normalized spacial score (nSPS) is 10.4. The lowest BCUT2D eigenvalue weighted by Crippen LogP contribution is -2.09. The van der Waals surface area contributed by atoms with Crippen molar-refractivity contribution in [2.24, 2.45) is 0 Å². The number of aromatic amines is 1. The van der Waals surface area contributed by atoms with Crippen LogP contribution in [-0.2, 0) is 0 Å². The molecule has 0 atom stereocenters. The van der Waals surface area contributed by atoms with Crippen molar-refractivity contribution in [3.05, 3.63) is 50.5 Å². The smallest absolute Gasteiger partial charge is 0.293 e. The molecule has 1 aromatic carbocycles. The summed E-state index contributed by atoms with van der Waals surface area (Å²) in [6, 6.07) is 2.61. The highest BCUT2D eigenvalue weighted by molar-refractivity contribution is 6.29. The number of nitro benzene ring substituents is 1. The molecule has 2 N–H and O–H groups in total. The van der Waals surface area contributed by atoms with Crippen molar-refractivity contribution in [3.8, 4) is 0 Å². The average molecular weight is 281 g/mol. The van der Waals surface area contributed by atoms with Gasteiger partial charge in [0.2, 0.25) is 0 Å². The van der Waals surface area contributed by atoms with E-state index < -0.39 is 10.5 Å². The molecular weight excluding hydrogens is 272 g/mol. The number of rotatable bonds is 4. The summed E-state index contributed by atoms with van der Waals surface area (Å²) in [6.45, 7) is 3.66. The summed E-state index contributed by atoms with van der Waals surface area (Å²) in [5.41, 5.74) is -0.0558. The van der Waals surface area contributed by atoms with Crippen molar-refractivity contribution in [1.82, 2.24) is 9.97 Å². The fourth-order valence-corrected chi connectivity index (χ4v) is 1.65. The van der Waals surface area contributed by atoms with Crippen LogP contribution in [0, 0.1) is 10.1 Å². The molecule has 1 heterocycles. The van der Waals surface area contributed by atoms with Crippen LogP contribution in [0.25, 0.3) is 10.9 Å². The molecule has 7 nitrogen and oxygen atoms in total. The van der Waals surface area contributed by atoms with Crippen LogP contribution in [0.15, 0.2) is 34.9 Å². The van der Waals surface area contributed by atoms with Gasteiger partial charge in [-0.2, -0.15) is 0 Å². The fraction of sp³-hybridized carbons (Fsp3) is 0.0909. The number of fused-ring (bicyclic) bond motifs is 1. The number of benzene rings is 1. The number of halogens is 1. The molecule has 2 rings (SSSR count). The molecule has 0 spiro atoms. The first-order valence-electron chi connectivity index (χ1n) is 5.22. The number of hydrogen-bond acceptors (Lipinski definition) is 5. The Kier molecular flexibility index (Phi) is 3.48. The van der Waals surface area contributed by atoms with E-state index in [1.807, 2.05) is 0 Å². The van der Waals surface area contributed by atoms with Crippen molar-refractivity contribution >= 4 is 33.9 Å². The third-order valence-corrected chi connectivity index (χ3v) is 2.56. The molecule has 19 heavy (non-hydrogen) atoms. The van der Waals surface area contributed by atoms with E-state index in [2.05, 4.69) is 21.9 Å². The van der Waals surface area contributed by atoms with Crippen LogP contribution in [0.3, 0.4) is 0 Å². The molecule has 0 aliphatic rings. The predicted molar refractivity (Wildman–Crippen MR) is 72.5 cm³/mol. The van der Waals surface area contributed by atoms with Crippen molar-refractivity contribution in [2.45, 2.75) is 0 Å². The maximum absolute atomic E-state index is 11.6. The minimum atomic E-state index is -0.578.